The second kappa shape index (κ2) is 7.59. The van der Waals surface area contributed by atoms with Crippen molar-refractivity contribution >= 4 is 39.9 Å². The number of nitrogens with one attached hydrogen (secondary N) is 1. The van der Waals surface area contributed by atoms with Crippen LogP contribution in [0.5, 0.6) is 0 Å². The maximum absolute atomic E-state index is 12.9. The van der Waals surface area contributed by atoms with Gasteiger partial charge in [0.1, 0.15) is 5.82 Å². The number of carbonyl (C=O) groups excluding carboxylic acids is 1. The summed E-state index contributed by atoms with van der Waals surface area (Å²) in [5.41, 5.74) is 3.68. The van der Waals surface area contributed by atoms with Gasteiger partial charge in [-0.05, 0) is 43.3 Å². The zero-order chi connectivity index (χ0) is 22.2. The van der Waals surface area contributed by atoms with Gasteiger partial charge in [0.05, 0.1) is 16.6 Å². The zero-order valence-corrected chi connectivity index (χ0v) is 17.0. The highest BCUT2D eigenvalue weighted by Gasteiger charge is 2.16. The highest BCUT2D eigenvalue weighted by molar-refractivity contribution is 6.10. The van der Waals surface area contributed by atoms with Crippen LogP contribution in [0.3, 0.4) is 0 Å². The average molecular weight is 423 g/mol. The summed E-state index contributed by atoms with van der Waals surface area (Å²) in [7, 11) is 0. The number of hydrogen-bond acceptors (Lipinski definition) is 6. The Labute approximate surface area is 182 Å². The number of ketones is 1. The molecule has 0 unspecified atom stereocenters. The summed E-state index contributed by atoms with van der Waals surface area (Å²) in [5, 5.41) is 20.8. The molecule has 0 aliphatic rings. The number of aromatic carboxylic acids is 1. The molecule has 2 N–H and O–H groups in total. The monoisotopic (exact) mass is 423 g/mol. The largest absolute Gasteiger partial charge is 0.478 e. The van der Waals surface area contributed by atoms with E-state index in [-0.39, 0.29) is 11.3 Å². The van der Waals surface area contributed by atoms with Gasteiger partial charge in [0.2, 0.25) is 5.65 Å². The van der Waals surface area contributed by atoms with Gasteiger partial charge in [0.15, 0.2) is 11.6 Å². The summed E-state index contributed by atoms with van der Waals surface area (Å²) in [6, 6.07) is 20.8. The van der Waals surface area contributed by atoms with Crippen molar-refractivity contribution in [3.05, 3.63) is 95.3 Å². The Bertz CT molecular complexity index is 1510. The van der Waals surface area contributed by atoms with Crippen LogP contribution < -0.4 is 5.32 Å². The van der Waals surface area contributed by atoms with Crippen molar-refractivity contribution in [3.8, 4) is 0 Å². The fourth-order valence-corrected chi connectivity index (χ4v) is 3.62. The molecule has 0 saturated carbocycles. The first-order valence-corrected chi connectivity index (χ1v) is 9.87. The lowest BCUT2D eigenvalue weighted by molar-refractivity contribution is 0.0696. The number of benzene rings is 3. The van der Waals surface area contributed by atoms with Crippen LogP contribution in [0.15, 0.2) is 72.8 Å². The van der Waals surface area contributed by atoms with Gasteiger partial charge in [0, 0.05) is 16.8 Å². The number of rotatable bonds is 5. The van der Waals surface area contributed by atoms with Crippen molar-refractivity contribution in [2.45, 2.75) is 6.92 Å². The average Bonchev–Trinajstić information content (AvgIpc) is 3.21. The minimum atomic E-state index is -1.01. The Kier molecular flexibility index (Phi) is 4.59. The summed E-state index contributed by atoms with van der Waals surface area (Å²) in [6.07, 6.45) is 0. The molecule has 8 heteroatoms. The number of nitrogens with zero attached hydrogens (tertiary/aromatic N) is 4. The fourth-order valence-electron chi connectivity index (χ4n) is 3.62. The van der Waals surface area contributed by atoms with Crippen molar-refractivity contribution in [1.82, 2.24) is 19.6 Å². The van der Waals surface area contributed by atoms with Crippen molar-refractivity contribution in [2.24, 2.45) is 0 Å². The van der Waals surface area contributed by atoms with Crippen LogP contribution in [0, 0.1) is 6.92 Å². The van der Waals surface area contributed by atoms with Gasteiger partial charge in [-0.25, -0.2) is 9.78 Å². The number of carboxylic acid groups (broad SMARTS) is 1. The molecule has 0 radical (unpaired) electrons. The van der Waals surface area contributed by atoms with E-state index in [0.717, 1.165) is 0 Å². The van der Waals surface area contributed by atoms with E-state index in [1.807, 2.05) is 29.5 Å². The summed E-state index contributed by atoms with van der Waals surface area (Å²) in [6.45, 7) is 1.82. The number of carbonyl (C=O) groups is 2. The van der Waals surface area contributed by atoms with Gasteiger partial charge in [-0.2, -0.15) is 0 Å². The number of hydrogen-bond donors (Lipinski definition) is 2. The van der Waals surface area contributed by atoms with Gasteiger partial charge >= 0.3 is 5.97 Å². The van der Waals surface area contributed by atoms with E-state index in [0.29, 0.717) is 45.1 Å². The molecule has 0 atom stereocenters. The van der Waals surface area contributed by atoms with Crippen LogP contribution in [-0.4, -0.2) is 36.4 Å². The van der Waals surface area contributed by atoms with Gasteiger partial charge < -0.3 is 10.4 Å². The third-order valence-corrected chi connectivity index (χ3v) is 5.16. The number of anilines is 2. The highest BCUT2D eigenvalue weighted by Crippen LogP contribution is 2.26. The van der Waals surface area contributed by atoms with Crippen LogP contribution in [0.25, 0.3) is 16.7 Å². The third kappa shape index (κ3) is 3.33. The topological polar surface area (TPSA) is 109 Å². The highest BCUT2D eigenvalue weighted by atomic mass is 16.4. The smallest absolute Gasteiger partial charge is 0.335 e. The van der Waals surface area contributed by atoms with Crippen LogP contribution >= 0.6 is 0 Å². The maximum atomic E-state index is 12.9. The van der Waals surface area contributed by atoms with E-state index >= 15 is 0 Å². The molecular formula is C24H17N5O3. The molecular weight excluding hydrogens is 406 g/mol. The van der Waals surface area contributed by atoms with Gasteiger partial charge in [0.25, 0.3) is 0 Å². The lowest BCUT2D eigenvalue weighted by Crippen LogP contribution is -2.05. The van der Waals surface area contributed by atoms with E-state index in [4.69, 9.17) is 0 Å². The quantitative estimate of drug-likeness (QED) is 0.407. The predicted molar refractivity (Wildman–Crippen MR) is 120 cm³/mol. The van der Waals surface area contributed by atoms with Crippen molar-refractivity contribution in [3.63, 3.8) is 0 Å². The van der Waals surface area contributed by atoms with E-state index in [2.05, 4.69) is 20.5 Å². The molecule has 0 spiro atoms. The van der Waals surface area contributed by atoms with E-state index in [1.54, 1.807) is 42.5 Å². The molecule has 0 saturated heterocycles. The Morgan fingerprint density at radius 1 is 0.875 bits per heavy atom. The van der Waals surface area contributed by atoms with E-state index in [9.17, 15) is 14.7 Å². The van der Waals surface area contributed by atoms with Crippen molar-refractivity contribution < 1.29 is 14.7 Å². The number of aromatic nitrogens is 4. The van der Waals surface area contributed by atoms with Crippen LogP contribution in [0.2, 0.25) is 0 Å². The summed E-state index contributed by atoms with van der Waals surface area (Å²) < 4.78 is 1.83. The second-order valence-electron chi connectivity index (χ2n) is 7.28. The fraction of sp³-hybridized carbons (Fsp3) is 0.0417. The molecule has 32 heavy (non-hydrogen) atoms. The lowest BCUT2D eigenvalue weighted by atomic mass is 10.0. The molecule has 0 amide bonds. The standard InChI is InChI=1S/C24H17N5O3/c1-14-27-28-23-22(25-18-9-5-8-17(12-18)24(31)32)26-19-11-10-16(13-20(19)29(14)23)21(30)15-6-3-2-4-7-15/h2-13H,1H3,(H,25,26)(H,31,32). The number of aryl methyl sites for hydroxylation is 1. The number of fused-ring (bicyclic) bond motifs is 3. The molecule has 156 valence electrons. The van der Waals surface area contributed by atoms with Crippen LogP contribution in [0.1, 0.15) is 32.1 Å². The molecule has 5 rings (SSSR count). The van der Waals surface area contributed by atoms with Gasteiger partial charge in [-0.15, -0.1) is 10.2 Å². The molecule has 5 aromatic rings. The molecule has 2 aromatic heterocycles. The minimum Gasteiger partial charge on any atom is -0.478 e. The molecule has 8 nitrogen and oxygen atoms in total. The predicted octanol–water partition coefficient (Wildman–Crippen LogP) is 4.26. The first-order chi connectivity index (χ1) is 15.5. The summed E-state index contributed by atoms with van der Waals surface area (Å²) in [4.78, 5) is 28.9. The first-order valence-electron chi connectivity index (χ1n) is 9.87. The summed E-state index contributed by atoms with van der Waals surface area (Å²) >= 11 is 0. The Balaban J connectivity index is 1.63. The molecule has 2 heterocycles. The lowest BCUT2D eigenvalue weighted by Gasteiger charge is -2.11. The van der Waals surface area contributed by atoms with Gasteiger partial charge in [-0.1, -0.05) is 36.4 Å². The maximum Gasteiger partial charge on any atom is 0.335 e. The molecule has 3 aromatic carbocycles. The van der Waals surface area contributed by atoms with Crippen LogP contribution in [-0.2, 0) is 0 Å². The molecule has 0 bridgehead atoms. The van der Waals surface area contributed by atoms with Crippen molar-refractivity contribution in [1.29, 1.82) is 0 Å². The zero-order valence-electron chi connectivity index (χ0n) is 17.0. The second-order valence-corrected chi connectivity index (χ2v) is 7.28. The molecule has 0 fully saturated rings. The van der Waals surface area contributed by atoms with Crippen molar-refractivity contribution in [2.75, 3.05) is 5.32 Å². The Hall–Kier alpha value is -4.59. The summed E-state index contributed by atoms with van der Waals surface area (Å²) in [5.74, 6) is -0.0277. The molecule has 0 aliphatic carbocycles. The number of carboxylic acids is 1. The van der Waals surface area contributed by atoms with E-state index < -0.39 is 5.97 Å². The third-order valence-electron chi connectivity index (χ3n) is 5.16. The Morgan fingerprint density at radius 3 is 2.44 bits per heavy atom. The normalized spacial score (nSPS) is 11.0. The Morgan fingerprint density at radius 2 is 1.66 bits per heavy atom. The SMILES string of the molecule is Cc1nnc2c(Nc3cccc(C(=O)O)c3)nc3ccc(C(=O)c4ccccc4)cc3n12. The van der Waals surface area contributed by atoms with E-state index in [1.165, 1.54) is 12.1 Å². The minimum absolute atomic E-state index is 0.0842. The van der Waals surface area contributed by atoms with Crippen LogP contribution in [0.4, 0.5) is 11.5 Å². The van der Waals surface area contributed by atoms with Gasteiger partial charge in [-0.3, -0.25) is 9.20 Å². The molecule has 0 aliphatic heterocycles. The first kappa shape index (κ1) is 19.4.